The third-order valence-corrected chi connectivity index (χ3v) is 6.47. The fourth-order valence-electron chi connectivity index (χ4n) is 3.72. The van der Waals surface area contributed by atoms with Gasteiger partial charge in [-0.2, -0.15) is 0 Å². The number of halogens is 1. The van der Waals surface area contributed by atoms with Crippen LogP contribution in [0.25, 0.3) is 0 Å². The highest BCUT2D eigenvalue weighted by Gasteiger charge is 2.54. The molecule has 2 aliphatic carbocycles. The molecule has 1 saturated carbocycles. The van der Waals surface area contributed by atoms with Crippen LogP contribution >= 0.6 is 12.4 Å². The van der Waals surface area contributed by atoms with Crippen molar-refractivity contribution < 1.29 is 8.42 Å². The monoisotopic (exact) mass is 328 g/mol. The van der Waals surface area contributed by atoms with Crippen molar-refractivity contribution in [3.8, 4) is 0 Å². The molecule has 3 aliphatic rings. The van der Waals surface area contributed by atoms with E-state index in [1.807, 2.05) is 12.1 Å². The molecule has 2 N–H and O–H groups in total. The van der Waals surface area contributed by atoms with Crippen molar-refractivity contribution in [1.29, 1.82) is 0 Å². The molecule has 1 heterocycles. The summed E-state index contributed by atoms with van der Waals surface area (Å²) in [6.07, 6.45) is 4.48. The molecule has 2 atom stereocenters. The Bertz CT molecular complexity index is 637. The summed E-state index contributed by atoms with van der Waals surface area (Å²) in [5.74, 6) is 1.00. The van der Waals surface area contributed by atoms with Crippen LogP contribution in [-0.4, -0.2) is 27.5 Å². The van der Waals surface area contributed by atoms with Gasteiger partial charge < -0.3 is 5.32 Å². The van der Waals surface area contributed by atoms with Crippen molar-refractivity contribution in [2.75, 3.05) is 13.1 Å². The third kappa shape index (κ3) is 2.72. The van der Waals surface area contributed by atoms with Crippen molar-refractivity contribution in [2.24, 2.45) is 11.8 Å². The first-order valence-electron chi connectivity index (χ1n) is 7.50. The number of aryl methyl sites for hydroxylation is 2. The molecule has 1 aliphatic heterocycles. The van der Waals surface area contributed by atoms with Gasteiger partial charge in [0, 0.05) is 6.04 Å². The van der Waals surface area contributed by atoms with Crippen LogP contribution in [0.1, 0.15) is 24.0 Å². The van der Waals surface area contributed by atoms with E-state index in [9.17, 15) is 8.42 Å². The van der Waals surface area contributed by atoms with Crippen LogP contribution in [0.4, 0.5) is 0 Å². The topological polar surface area (TPSA) is 58.2 Å². The van der Waals surface area contributed by atoms with Crippen LogP contribution in [0.5, 0.6) is 0 Å². The van der Waals surface area contributed by atoms with E-state index in [4.69, 9.17) is 0 Å². The number of hydrogen-bond donors (Lipinski definition) is 2. The van der Waals surface area contributed by atoms with Crippen molar-refractivity contribution in [2.45, 2.75) is 36.6 Å². The van der Waals surface area contributed by atoms with E-state index in [0.717, 1.165) is 25.9 Å². The van der Waals surface area contributed by atoms with Gasteiger partial charge in [-0.1, -0.05) is 6.07 Å². The van der Waals surface area contributed by atoms with Crippen LogP contribution in [0, 0.1) is 11.8 Å². The maximum Gasteiger partial charge on any atom is 0.240 e. The van der Waals surface area contributed by atoms with E-state index in [2.05, 4.69) is 10.0 Å². The highest BCUT2D eigenvalue weighted by molar-refractivity contribution is 7.89. The summed E-state index contributed by atoms with van der Waals surface area (Å²) in [7, 11) is -3.35. The molecule has 0 radical (unpaired) electrons. The van der Waals surface area contributed by atoms with Gasteiger partial charge in [0.1, 0.15) is 0 Å². The minimum atomic E-state index is -3.35. The molecular weight excluding hydrogens is 308 g/mol. The number of piperidine rings is 1. The molecule has 1 aromatic rings. The fourth-order valence-corrected chi connectivity index (χ4v) is 5.11. The van der Waals surface area contributed by atoms with Crippen molar-refractivity contribution >= 4 is 22.4 Å². The molecular formula is C15H21ClN2O2S. The molecule has 1 aromatic carbocycles. The maximum absolute atomic E-state index is 12.5. The number of sulfonamides is 1. The molecule has 4 rings (SSSR count). The fraction of sp³-hybridized carbons (Fsp3) is 0.600. The molecule has 21 heavy (non-hydrogen) atoms. The van der Waals surface area contributed by atoms with E-state index < -0.39 is 10.0 Å². The van der Waals surface area contributed by atoms with Gasteiger partial charge in [0.15, 0.2) is 0 Å². The Morgan fingerprint density at radius 2 is 1.71 bits per heavy atom. The SMILES string of the molecule is Cl.O=S(=O)(NC1C2CNCC21)c1ccc2c(c1)CCCC2. The van der Waals surface area contributed by atoms with Crippen LogP contribution in [0.2, 0.25) is 0 Å². The number of fused-ring (bicyclic) bond motifs is 2. The largest absolute Gasteiger partial charge is 0.316 e. The number of nitrogens with one attached hydrogen (secondary N) is 2. The molecule has 4 nitrogen and oxygen atoms in total. The Labute approximate surface area is 132 Å². The molecule has 0 amide bonds. The molecule has 0 aromatic heterocycles. The van der Waals surface area contributed by atoms with Crippen LogP contribution in [0.15, 0.2) is 23.1 Å². The summed E-state index contributed by atoms with van der Waals surface area (Å²) >= 11 is 0. The maximum atomic E-state index is 12.5. The molecule has 116 valence electrons. The van der Waals surface area contributed by atoms with E-state index in [1.165, 1.54) is 24.0 Å². The minimum absolute atomic E-state index is 0. The predicted octanol–water partition coefficient (Wildman–Crippen LogP) is 1.48. The normalized spacial score (nSPS) is 30.2. The number of rotatable bonds is 3. The van der Waals surface area contributed by atoms with E-state index >= 15 is 0 Å². The highest BCUT2D eigenvalue weighted by atomic mass is 35.5. The standard InChI is InChI=1S/C15H20N2O2S.ClH/c18-20(19,17-15-13-8-16-9-14(13)15)12-6-5-10-3-1-2-4-11(10)7-12;/h5-7,13-17H,1-4,8-9H2;1H. The van der Waals surface area contributed by atoms with Crippen molar-refractivity contribution in [3.63, 3.8) is 0 Å². The van der Waals surface area contributed by atoms with Gasteiger partial charge in [-0.05, 0) is 73.9 Å². The van der Waals surface area contributed by atoms with Gasteiger partial charge >= 0.3 is 0 Å². The molecule has 2 fully saturated rings. The highest BCUT2D eigenvalue weighted by Crippen LogP contribution is 2.42. The zero-order valence-electron chi connectivity index (χ0n) is 11.8. The zero-order valence-corrected chi connectivity index (χ0v) is 13.5. The Hall–Kier alpha value is -0.620. The molecule has 6 heteroatoms. The van der Waals surface area contributed by atoms with Gasteiger partial charge in [0.05, 0.1) is 4.90 Å². The predicted molar refractivity (Wildman–Crippen MR) is 84.3 cm³/mol. The van der Waals surface area contributed by atoms with Gasteiger partial charge in [-0.15, -0.1) is 12.4 Å². The average molecular weight is 329 g/mol. The average Bonchev–Trinajstić information content (AvgIpc) is 2.89. The first-order valence-corrected chi connectivity index (χ1v) is 8.98. The van der Waals surface area contributed by atoms with Gasteiger partial charge in [0.2, 0.25) is 10.0 Å². The van der Waals surface area contributed by atoms with Gasteiger partial charge in [-0.25, -0.2) is 13.1 Å². The summed E-state index contributed by atoms with van der Waals surface area (Å²) in [6.45, 7) is 1.89. The molecule has 2 unspecified atom stereocenters. The quantitative estimate of drug-likeness (QED) is 0.883. The first-order chi connectivity index (χ1) is 9.65. The van der Waals surface area contributed by atoms with Gasteiger partial charge in [0.25, 0.3) is 0 Å². The lowest BCUT2D eigenvalue weighted by Crippen LogP contribution is -2.32. The summed E-state index contributed by atoms with van der Waals surface area (Å²) < 4.78 is 27.8. The summed E-state index contributed by atoms with van der Waals surface area (Å²) in [6, 6.07) is 5.80. The second-order valence-electron chi connectivity index (χ2n) is 6.27. The Balaban J connectivity index is 0.00000132. The van der Waals surface area contributed by atoms with E-state index in [0.29, 0.717) is 16.7 Å². The summed E-state index contributed by atoms with van der Waals surface area (Å²) in [4.78, 5) is 0.441. The molecule has 0 bridgehead atoms. The Morgan fingerprint density at radius 1 is 1.05 bits per heavy atom. The lowest BCUT2D eigenvalue weighted by atomic mass is 9.92. The lowest BCUT2D eigenvalue weighted by Gasteiger charge is -2.17. The van der Waals surface area contributed by atoms with Crippen LogP contribution in [-0.2, 0) is 22.9 Å². The molecule has 0 spiro atoms. The summed E-state index contributed by atoms with van der Waals surface area (Å²) in [5, 5.41) is 3.28. The Morgan fingerprint density at radius 3 is 2.43 bits per heavy atom. The van der Waals surface area contributed by atoms with E-state index in [1.54, 1.807) is 6.07 Å². The third-order valence-electron chi connectivity index (χ3n) is 5.01. The van der Waals surface area contributed by atoms with Gasteiger partial charge in [-0.3, -0.25) is 0 Å². The van der Waals surface area contributed by atoms with E-state index in [-0.39, 0.29) is 18.4 Å². The number of benzene rings is 1. The second kappa shape index (κ2) is 5.54. The Kier molecular flexibility index (Phi) is 4.03. The molecule has 1 saturated heterocycles. The summed E-state index contributed by atoms with van der Waals surface area (Å²) in [5.41, 5.74) is 2.54. The smallest absolute Gasteiger partial charge is 0.240 e. The number of hydrogen-bond acceptors (Lipinski definition) is 3. The van der Waals surface area contributed by atoms with Crippen molar-refractivity contribution in [3.05, 3.63) is 29.3 Å². The van der Waals surface area contributed by atoms with Crippen LogP contribution in [0.3, 0.4) is 0 Å². The van der Waals surface area contributed by atoms with Crippen molar-refractivity contribution in [1.82, 2.24) is 10.0 Å². The lowest BCUT2D eigenvalue weighted by molar-refractivity contribution is 0.564. The zero-order chi connectivity index (χ0) is 13.7. The van der Waals surface area contributed by atoms with Crippen LogP contribution < -0.4 is 10.0 Å². The minimum Gasteiger partial charge on any atom is -0.316 e. The second-order valence-corrected chi connectivity index (χ2v) is 7.98. The first kappa shape index (κ1) is 15.3.